The van der Waals surface area contributed by atoms with Crippen molar-refractivity contribution >= 4 is 11.8 Å². The minimum Gasteiger partial charge on any atom is -0.354 e. The molecule has 2 unspecified atom stereocenters. The van der Waals surface area contributed by atoms with E-state index in [0.29, 0.717) is 0 Å². The van der Waals surface area contributed by atoms with Crippen molar-refractivity contribution in [1.82, 2.24) is 9.97 Å². The van der Waals surface area contributed by atoms with Crippen molar-refractivity contribution in [3.8, 4) is 0 Å². The van der Waals surface area contributed by atoms with E-state index in [0.717, 1.165) is 42.5 Å². The average molecular weight is 260 g/mol. The lowest BCUT2D eigenvalue weighted by atomic mass is 9.85. The van der Waals surface area contributed by atoms with Crippen LogP contribution < -0.4 is 10.2 Å². The molecule has 1 saturated carbocycles. The maximum absolute atomic E-state index is 4.70. The molecule has 1 saturated heterocycles. The van der Waals surface area contributed by atoms with Gasteiger partial charge in [-0.25, -0.2) is 4.98 Å². The summed E-state index contributed by atoms with van der Waals surface area (Å²) in [5.41, 5.74) is 1.06. The van der Waals surface area contributed by atoms with Gasteiger partial charge in [-0.2, -0.15) is 4.98 Å². The molecule has 2 fully saturated rings. The first kappa shape index (κ1) is 12.7. The van der Waals surface area contributed by atoms with E-state index in [2.05, 4.69) is 35.1 Å². The van der Waals surface area contributed by atoms with Gasteiger partial charge in [0.2, 0.25) is 5.95 Å². The van der Waals surface area contributed by atoms with Gasteiger partial charge in [0.15, 0.2) is 0 Å². The Morgan fingerprint density at radius 2 is 2.11 bits per heavy atom. The van der Waals surface area contributed by atoms with Crippen LogP contribution in [0.15, 0.2) is 6.07 Å². The maximum atomic E-state index is 4.70. The molecule has 0 amide bonds. The largest absolute Gasteiger partial charge is 0.354 e. The van der Waals surface area contributed by atoms with E-state index < -0.39 is 0 Å². The number of hydrogen-bond acceptors (Lipinski definition) is 4. The van der Waals surface area contributed by atoms with E-state index in [-0.39, 0.29) is 0 Å². The highest BCUT2D eigenvalue weighted by Crippen LogP contribution is 2.38. The average Bonchev–Trinajstić information content (AvgIpc) is 2.82. The first-order chi connectivity index (χ1) is 9.28. The summed E-state index contributed by atoms with van der Waals surface area (Å²) in [4.78, 5) is 11.7. The third-order valence-electron chi connectivity index (χ3n) is 4.48. The molecule has 4 heteroatoms. The molecule has 1 N–H and O–H groups in total. The molecule has 2 heterocycles. The molecule has 0 spiro atoms. The Labute approximate surface area is 115 Å². The summed E-state index contributed by atoms with van der Waals surface area (Å²) in [6, 6.07) is 2.86. The lowest BCUT2D eigenvalue weighted by Gasteiger charge is -2.32. The smallest absolute Gasteiger partial charge is 0.224 e. The summed E-state index contributed by atoms with van der Waals surface area (Å²) in [7, 11) is 0. The number of hydrogen-bond donors (Lipinski definition) is 1. The second-order valence-corrected chi connectivity index (χ2v) is 5.82. The zero-order valence-corrected chi connectivity index (χ0v) is 12.0. The van der Waals surface area contributed by atoms with Gasteiger partial charge < -0.3 is 10.2 Å². The van der Waals surface area contributed by atoms with Crippen molar-refractivity contribution in [2.24, 2.45) is 5.92 Å². The standard InChI is InChI=1S/C15H24N4/c1-3-16-15-17-11(2)10-14(18-15)19-9-8-12-6-4-5-7-13(12)19/h10,12-13H,3-9H2,1-2H3,(H,16,17,18). The molecular formula is C15H24N4. The predicted molar refractivity (Wildman–Crippen MR) is 78.6 cm³/mol. The first-order valence-electron chi connectivity index (χ1n) is 7.64. The number of anilines is 2. The molecule has 0 radical (unpaired) electrons. The number of nitrogens with one attached hydrogen (secondary N) is 1. The topological polar surface area (TPSA) is 41.1 Å². The molecule has 4 nitrogen and oxygen atoms in total. The van der Waals surface area contributed by atoms with E-state index >= 15 is 0 Å². The van der Waals surface area contributed by atoms with Crippen LogP contribution in [0.3, 0.4) is 0 Å². The van der Waals surface area contributed by atoms with Crippen molar-refractivity contribution in [3.63, 3.8) is 0 Å². The Kier molecular flexibility index (Phi) is 3.58. The van der Waals surface area contributed by atoms with E-state index in [1.165, 1.54) is 32.1 Å². The fraction of sp³-hybridized carbons (Fsp3) is 0.733. The summed E-state index contributed by atoms with van der Waals surface area (Å²) >= 11 is 0. The van der Waals surface area contributed by atoms with Crippen molar-refractivity contribution in [1.29, 1.82) is 0 Å². The van der Waals surface area contributed by atoms with Gasteiger partial charge in [0.1, 0.15) is 5.82 Å². The Bertz CT molecular complexity index is 446. The molecule has 3 rings (SSSR count). The summed E-state index contributed by atoms with van der Waals surface area (Å²) in [6.45, 7) is 6.17. The summed E-state index contributed by atoms with van der Waals surface area (Å²) in [5, 5.41) is 3.24. The minimum absolute atomic E-state index is 0.720. The monoisotopic (exact) mass is 260 g/mol. The van der Waals surface area contributed by atoms with Gasteiger partial charge in [-0.1, -0.05) is 12.8 Å². The molecule has 2 atom stereocenters. The van der Waals surface area contributed by atoms with E-state index in [1.54, 1.807) is 0 Å². The molecule has 1 aromatic rings. The summed E-state index contributed by atoms with van der Waals surface area (Å²) < 4.78 is 0. The van der Waals surface area contributed by atoms with E-state index in [4.69, 9.17) is 4.98 Å². The summed E-state index contributed by atoms with van der Waals surface area (Å²) in [5.74, 6) is 2.79. The number of fused-ring (bicyclic) bond motifs is 1. The Morgan fingerprint density at radius 3 is 2.95 bits per heavy atom. The zero-order chi connectivity index (χ0) is 13.2. The van der Waals surface area contributed by atoms with Crippen LogP contribution in [0.4, 0.5) is 11.8 Å². The fourth-order valence-corrected chi connectivity index (χ4v) is 3.63. The minimum atomic E-state index is 0.720. The Hall–Kier alpha value is -1.32. The highest BCUT2D eigenvalue weighted by Gasteiger charge is 2.36. The molecule has 1 aromatic heterocycles. The molecular weight excluding hydrogens is 236 g/mol. The van der Waals surface area contributed by atoms with Crippen LogP contribution in [0.1, 0.15) is 44.7 Å². The van der Waals surface area contributed by atoms with Crippen LogP contribution in [0.5, 0.6) is 0 Å². The number of nitrogens with zero attached hydrogens (tertiary/aromatic N) is 3. The second kappa shape index (κ2) is 5.35. The van der Waals surface area contributed by atoms with Gasteiger partial charge in [0, 0.05) is 30.9 Å². The molecule has 1 aliphatic heterocycles. The zero-order valence-electron chi connectivity index (χ0n) is 12.0. The van der Waals surface area contributed by atoms with Gasteiger partial charge in [0.25, 0.3) is 0 Å². The SMILES string of the molecule is CCNc1nc(C)cc(N2CCC3CCCCC32)n1. The number of rotatable bonds is 3. The van der Waals surface area contributed by atoms with Crippen molar-refractivity contribution in [3.05, 3.63) is 11.8 Å². The molecule has 2 aliphatic rings. The Balaban J connectivity index is 1.85. The lowest BCUT2D eigenvalue weighted by molar-refractivity contribution is 0.341. The van der Waals surface area contributed by atoms with Crippen LogP contribution in [0.25, 0.3) is 0 Å². The van der Waals surface area contributed by atoms with Crippen LogP contribution in [0.2, 0.25) is 0 Å². The van der Waals surface area contributed by atoms with Crippen LogP contribution >= 0.6 is 0 Å². The van der Waals surface area contributed by atoms with Gasteiger partial charge in [0.05, 0.1) is 0 Å². The quantitative estimate of drug-likeness (QED) is 0.907. The third-order valence-corrected chi connectivity index (χ3v) is 4.48. The third kappa shape index (κ3) is 2.53. The highest BCUT2D eigenvalue weighted by molar-refractivity contribution is 5.47. The lowest BCUT2D eigenvalue weighted by Crippen LogP contribution is -2.35. The van der Waals surface area contributed by atoms with Gasteiger partial charge >= 0.3 is 0 Å². The molecule has 0 aromatic carbocycles. The number of aryl methyl sites for hydroxylation is 1. The van der Waals surface area contributed by atoms with Crippen molar-refractivity contribution in [2.45, 2.75) is 52.0 Å². The van der Waals surface area contributed by atoms with Crippen molar-refractivity contribution < 1.29 is 0 Å². The first-order valence-corrected chi connectivity index (χ1v) is 7.64. The Morgan fingerprint density at radius 1 is 1.26 bits per heavy atom. The summed E-state index contributed by atoms with van der Waals surface area (Å²) in [6.07, 6.45) is 6.88. The van der Waals surface area contributed by atoms with Crippen molar-refractivity contribution in [2.75, 3.05) is 23.3 Å². The van der Waals surface area contributed by atoms with E-state index in [9.17, 15) is 0 Å². The molecule has 104 valence electrons. The second-order valence-electron chi connectivity index (χ2n) is 5.82. The fourth-order valence-electron chi connectivity index (χ4n) is 3.63. The van der Waals surface area contributed by atoms with Crippen LogP contribution in [-0.2, 0) is 0 Å². The van der Waals surface area contributed by atoms with E-state index in [1.807, 2.05) is 0 Å². The van der Waals surface area contributed by atoms with Gasteiger partial charge in [-0.05, 0) is 39.0 Å². The van der Waals surface area contributed by atoms with Gasteiger partial charge in [-0.3, -0.25) is 0 Å². The molecule has 0 bridgehead atoms. The predicted octanol–water partition coefficient (Wildman–Crippen LogP) is 2.99. The van der Waals surface area contributed by atoms with Crippen LogP contribution in [-0.4, -0.2) is 29.1 Å². The maximum Gasteiger partial charge on any atom is 0.224 e. The number of aromatic nitrogens is 2. The van der Waals surface area contributed by atoms with Crippen LogP contribution in [0, 0.1) is 12.8 Å². The van der Waals surface area contributed by atoms with Gasteiger partial charge in [-0.15, -0.1) is 0 Å². The molecule has 1 aliphatic carbocycles. The highest BCUT2D eigenvalue weighted by atomic mass is 15.3. The molecule has 19 heavy (non-hydrogen) atoms. The normalized spacial score (nSPS) is 26.3.